The van der Waals surface area contributed by atoms with Gasteiger partial charge in [0.1, 0.15) is 0 Å². The van der Waals surface area contributed by atoms with Crippen molar-refractivity contribution in [3.63, 3.8) is 0 Å². The van der Waals surface area contributed by atoms with Gasteiger partial charge in [-0.05, 0) is 40.9 Å². The first kappa shape index (κ1) is 10.9. The monoisotopic (exact) mass is 260 g/mol. The Morgan fingerprint density at radius 2 is 2.46 bits per heavy atom. The number of hydrogen-bond acceptors (Lipinski definition) is 3. The van der Waals surface area contributed by atoms with Crippen molar-refractivity contribution >= 4 is 27.3 Å². The maximum Gasteiger partial charge on any atom is 0.0701 e. The molecule has 0 aliphatic rings. The van der Waals surface area contributed by atoms with Gasteiger partial charge in [-0.1, -0.05) is 6.08 Å². The Bertz CT molecular complexity index is 272. The number of nitrogens with two attached hydrogens (primary N) is 1. The van der Waals surface area contributed by atoms with Crippen LogP contribution in [0.2, 0.25) is 0 Å². The molecule has 0 fully saturated rings. The molecule has 1 aromatic heterocycles. The number of rotatable bonds is 5. The summed E-state index contributed by atoms with van der Waals surface area (Å²) < 4.78 is 1.16. The first-order valence-corrected chi connectivity index (χ1v) is 5.68. The normalized spacial score (nSPS) is 12.8. The average Bonchev–Trinajstić information content (AvgIpc) is 2.50. The maximum absolute atomic E-state index is 5.41. The lowest BCUT2D eigenvalue weighted by Crippen LogP contribution is -2.36. The average molecular weight is 261 g/mol. The van der Waals surface area contributed by atoms with E-state index in [1.165, 1.54) is 4.88 Å². The standard InChI is InChI=1S/C9H13BrN2S/c1-2-3-7(12-11)6-8-4-5-9(10)13-8/h2,4-5,7,12H,1,3,6,11H2. The highest BCUT2D eigenvalue weighted by molar-refractivity contribution is 9.11. The van der Waals surface area contributed by atoms with Gasteiger partial charge in [-0.25, -0.2) is 0 Å². The lowest BCUT2D eigenvalue weighted by molar-refractivity contribution is 0.534. The molecule has 4 heteroatoms. The van der Waals surface area contributed by atoms with Gasteiger partial charge in [0.25, 0.3) is 0 Å². The Hall–Kier alpha value is -0.160. The van der Waals surface area contributed by atoms with Crippen LogP contribution in [0.4, 0.5) is 0 Å². The molecule has 1 heterocycles. The van der Waals surface area contributed by atoms with Gasteiger partial charge >= 0.3 is 0 Å². The molecule has 0 bridgehead atoms. The molecule has 0 radical (unpaired) electrons. The maximum atomic E-state index is 5.41. The third kappa shape index (κ3) is 3.60. The van der Waals surface area contributed by atoms with Crippen LogP contribution in [0.3, 0.4) is 0 Å². The van der Waals surface area contributed by atoms with E-state index >= 15 is 0 Å². The van der Waals surface area contributed by atoms with Gasteiger partial charge in [-0.15, -0.1) is 17.9 Å². The second-order valence-corrected chi connectivity index (χ2v) is 5.35. The molecule has 0 saturated carbocycles. The Morgan fingerprint density at radius 3 is 2.92 bits per heavy atom. The molecule has 0 saturated heterocycles. The van der Waals surface area contributed by atoms with E-state index in [1.807, 2.05) is 6.08 Å². The van der Waals surface area contributed by atoms with Crippen molar-refractivity contribution in [3.8, 4) is 0 Å². The van der Waals surface area contributed by atoms with Crippen LogP contribution in [0.1, 0.15) is 11.3 Å². The Labute approximate surface area is 90.9 Å². The van der Waals surface area contributed by atoms with Crippen LogP contribution in [0.5, 0.6) is 0 Å². The largest absolute Gasteiger partial charge is 0.271 e. The van der Waals surface area contributed by atoms with Crippen molar-refractivity contribution < 1.29 is 0 Å². The molecule has 3 N–H and O–H groups in total. The number of thiophene rings is 1. The molecule has 1 unspecified atom stereocenters. The fourth-order valence-corrected chi connectivity index (χ4v) is 2.68. The molecule has 1 rings (SSSR count). The molecule has 1 atom stereocenters. The number of hydrogen-bond donors (Lipinski definition) is 2. The Balaban J connectivity index is 2.50. The first-order chi connectivity index (χ1) is 6.26. The van der Waals surface area contributed by atoms with Crippen LogP contribution in [0.15, 0.2) is 28.6 Å². The lowest BCUT2D eigenvalue weighted by atomic mass is 10.1. The quantitative estimate of drug-likeness (QED) is 0.485. The summed E-state index contributed by atoms with van der Waals surface area (Å²) in [5.74, 6) is 5.41. The summed E-state index contributed by atoms with van der Waals surface area (Å²) in [7, 11) is 0. The van der Waals surface area contributed by atoms with Crippen molar-refractivity contribution in [2.45, 2.75) is 18.9 Å². The highest BCUT2D eigenvalue weighted by atomic mass is 79.9. The summed E-state index contributed by atoms with van der Waals surface area (Å²) in [5, 5.41) is 0. The van der Waals surface area contributed by atoms with E-state index in [2.05, 4.69) is 40.1 Å². The van der Waals surface area contributed by atoms with E-state index in [0.717, 1.165) is 16.6 Å². The molecular formula is C9H13BrN2S. The minimum atomic E-state index is 0.294. The summed E-state index contributed by atoms with van der Waals surface area (Å²) in [6.07, 6.45) is 3.73. The van der Waals surface area contributed by atoms with Crippen LogP contribution in [-0.4, -0.2) is 6.04 Å². The zero-order chi connectivity index (χ0) is 9.68. The number of halogens is 1. The third-order valence-electron chi connectivity index (χ3n) is 1.76. The first-order valence-electron chi connectivity index (χ1n) is 4.07. The van der Waals surface area contributed by atoms with Gasteiger partial charge in [0.05, 0.1) is 3.79 Å². The van der Waals surface area contributed by atoms with Crippen LogP contribution >= 0.6 is 27.3 Å². The zero-order valence-electron chi connectivity index (χ0n) is 7.29. The molecule has 72 valence electrons. The number of hydrazine groups is 1. The molecule has 13 heavy (non-hydrogen) atoms. The van der Waals surface area contributed by atoms with E-state index in [0.29, 0.717) is 6.04 Å². The summed E-state index contributed by atoms with van der Waals surface area (Å²) >= 11 is 5.17. The summed E-state index contributed by atoms with van der Waals surface area (Å²) in [6.45, 7) is 3.69. The van der Waals surface area contributed by atoms with Crippen LogP contribution in [-0.2, 0) is 6.42 Å². The van der Waals surface area contributed by atoms with Gasteiger partial charge < -0.3 is 0 Å². The van der Waals surface area contributed by atoms with Gasteiger partial charge in [-0.3, -0.25) is 11.3 Å². The highest BCUT2D eigenvalue weighted by Crippen LogP contribution is 2.23. The SMILES string of the molecule is C=CCC(Cc1ccc(Br)s1)NN. The van der Waals surface area contributed by atoms with Gasteiger partial charge in [0.15, 0.2) is 0 Å². The fraction of sp³-hybridized carbons (Fsp3) is 0.333. The van der Waals surface area contributed by atoms with Gasteiger partial charge in [0.2, 0.25) is 0 Å². The van der Waals surface area contributed by atoms with E-state index in [9.17, 15) is 0 Å². The van der Waals surface area contributed by atoms with Gasteiger partial charge in [-0.2, -0.15) is 0 Å². The van der Waals surface area contributed by atoms with E-state index in [1.54, 1.807) is 11.3 Å². The fourth-order valence-electron chi connectivity index (χ4n) is 1.12. The summed E-state index contributed by atoms with van der Waals surface area (Å²) in [5.41, 5.74) is 2.78. The Kier molecular flexibility index (Phi) is 4.66. The van der Waals surface area contributed by atoms with Crippen molar-refractivity contribution in [2.24, 2.45) is 5.84 Å². The highest BCUT2D eigenvalue weighted by Gasteiger charge is 2.06. The van der Waals surface area contributed by atoms with Crippen molar-refractivity contribution in [1.29, 1.82) is 0 Å². The summed E-state index contributed by atoms with van der Waals surface area (Å²) in [6, 6.07) is 4.46. The second-order valence-electron chi connectivity index (χ2n) is 2.80. The molecule has 0 aliphatic heterocycles. The third-order valence-corrected chi connectivity index (χ3v) is 3.41. The zero-order valence-corrected chi connectivity index (χ0v) is 9.70. The molecule has 0 aromatic carbocycles. The molecule has 0 spiro atoms. The minimum absolute atomic E-state index is 0.294. The van der Waals surface area contributed by atoms with Gasteiger partial charge in [0, 0.05) is 10.9 Å². The lowest BCUT2D eigenvalue weighted by Gasteiger charge is -2.11. The van der Waals surface area contributed by atoms with Crippen LogP contribution in [0.25, 0.3) is 0 Å². The van der Waals surface area contributed by atoms with Crippen molar-refractivity contribution in [2.75, 3.05) is 0 Å². The van der Waals surface area contributed by atoms with Crippen molar-refractivity contribution in [3.05, 3.63) is 33.5 Å². The van der Waals surface area contributed by atoms with Crippen LogP contribution < -0.4 is 11.3 Å². The Morgan fingerprint density at radius 1 is 1.69 bits per heavy atom. The second kappa shape index (κ2) is 5.54. The van der Waals surface area contributed by atoms with E-state index in [4.69, 9.17) is 5.84 Å². The predicted octanol–water partition coefficient (Wildman–Crippen LogP) is 2.46. The molecule has 0 amide bonds. The smallest absolute Gasteiger partial charge is 0.0701 e. The molecule has 1 aromatic rings. The summed E-state index contributed by atoms with van der Waals surface area (Å²) in [4.78, 5) is 1.33. The predicted molar refractivity (Wildman–Crippen MR) is 61.6 cm³/mol. The molecular weight excluding hydrogens is 248 g/mol. The van der Waals surface area contributed by atoms with Crippen LogP contribution in [0, 0.1) is 0 Å². The van der Waals surface area contributed by atoms with E-state index in [-0.39, 0.29) is 0 Å². The topological polar surface area (TPSA) is 38.0 Å². The molecule has 2 nitrogen and oxygen atoms in total. The molecule has 0 aliphatic carbocycles. The minimum Gasteiger partial charge on any atom is -0.271 e. The number of nitrogens with one attached hydrogen (secondary N) is 1. The van der Waals surface area contributed by atoms with Crippen molar-refractivity contribution in [1.82, 2.24) is 5.43 Å². The van der Waals surface area contributed by atoms with E-state index < -0.39 is 0 Å².